The minimum absolute atomic E-state index is 0.0222. The number of methoxy groups -OCH3 is 2. The van der Waals surface area contributed by atoms with Gasteiger partial charge in [0.05, 0.1) is 25.9 Å². The van der Waals surface area contributed by atoms with Gasteiger partial charge >= 0.3 is 0 Å². The Balaban J connectivity index is 1.53. The Bertz CT molecular complexity index is 912. The minimum atomic E-state index is -3.23. The molecule has 2 amide bonds. The van der Waals surface area contributed by atoms with Crippen LogP contribution in [0.2, 0.25) is 0 Å². The summed E-state index contributed by atoms with van der Waals surface area (Å²) in [6, 6.07) is 5.67. The molecule has 2 fully saturated rings. The topological polar surface area (TPSA) is 96.5 Å². The van der Waals surface area contributed by atoms with Crippen LogP contribution in [0, 0.1) is 5.92 Å². The Morgan fingerprint density at radius 1 is 1.10 bits per heavy atom. The van der Waals surface area contributed by atoms with E-state index in [4.69, 9.17) is 9.47 Å². The Kier molecular flexibility index (Phi) is 7.42. The van der Waals surface area contributed by atoms with Crippen LogP contribution in [0.3, 0.4) is 0 Å². The highest BCUT2D eigenvalue weighted by molar-refractivity contribution is 7.89. The first-order valence-electron chi connectivity index (χ1n) is 10.5. The van der Waals surface area contributed by atoms with Crippen molar-refractivity contribution in [2.75, 3.05) is 59.2 Å². The predicted molar refractivity (Wildman–Crippen MR) is 116 cm³/mol. The van der Waals surface area contributed by atoms with E-state index in [1.54, 1.807) is 30.9 Å². The van der Waals surface area contributed by atoms with E-state index in [0.29, 0.717) is 57.2 Å². The second-order valence-electron chi connectivity index (χ2n) is 7.81. The van der Waals surface area contributed by atoms with Gasteiger partial charge < -0.3 is 19.3 Å². The number of benzene rings is 1. The first kappa shape index (κ1) is 23.3. The summed E-state index contributed by atoms with van der Waals surface area (Å²) in [7, 11) is -0.0679. The zero-order valence-electron chi connectivity index (χ0n) is 18.4. The van der Waals surface area contributed by atoms with Crippen LogP contribution in [0.1, 0.15) is 18.9 Å². The summed E-state index contributed by atoms with van der Waals surface area (Å²) in [6.07, 6.45) is 0.860. The fourth-order valence-electron chi connectivity index (χ4n) is 4.08. The lowest BCUT2D eigenvalue weighted by atomic mass is 10.1. The maximum absolute atomic E-state index is 12.9. The number of hydrogen-bond acceptors (Lipinski definition) is 6. The lowest BCUT2D eigenvalue weighted by molar-refractivity contribution is -0.137. The van der Waals surface area contributed by atoms with Crippen molar-refractivity contribution in [1.82, 2.24) is 14.1 Å². The highest BCUT2D eigenvalue weighted by Crippen LogP contribution is 2.28. The van der Waals surface area contributed by atoms with E-state index in [9.17, 15) is 18.0 Å². The number of nitrogens with zero attached hydrogens (tertiary/aromatic N) is 3. The quantitative estimate of drug-likeness (QED) is 0.572. The van der Waals surface area contributed by atoms with Gasteiger partial charge in [-0.2, -0.15) is 4.31 Å². The van der Waals surface area contributed by atoms with E-state index in [0.717, 1.165) is 5.56 Å². The molecule has 1 aromatic rings. The average molecular weight is 454 g/mol. The average Bonchev–Trinajstić information content (AvgIpc) is 3.17. The van der Waals surface area contributed by atoms with Gasteiger partial charge in [0, 0.05) is 45.7 Å². The summed E-state index contributed by atoms with van der Waals surface area (Å²) < 4.78 is 36.0. The molecule has 1 atom stereocenters. The molecule has 1 aromatic carbocycles. The second kappa shape index (κ2) is 9.86. The van der Waals surface area contributed by atoms with E-state index in [1.807, 2.05) is 18.2 Å². The van der Waals surface area contributed by atoms with Crippen molar-refractivity contribution in [2.45, 2.75) is 19.8 Å². The molecule has 31 heavy (non-hydrogen) atoms. The van der Waals surface area contributed by atoms with Crippen LogP contribution in [0.25, 0.3) is 0 Å². The molecule has 3 rings (SSSR count). The number of rotatable bonds is 8. The number of amides is 2. The SMILES string of the molecule is CCS(=O)(=O)N1CCN(C(=O)C2CC(=O)N(CCc3ccc(OC)c(OC)c3)C2)CC1. The van der Waals surface area contributed by atoms with Crippen molar-refractivity contribution in [3.8, 4) is 11.5 Å². The van der Waals surface area contributed by atoms with Gasteiger partial charge in [-0.15, -0.1) is 0 Å². The molecule has 0 bridgehead atoms. The number of sulfonamides is 1. The van der Waals surface area contributed by atoms with Gasteiger partial charge in [0.1, 0.15) is 0 Å². The van der Waals surface area contributed by atoms with Gasteiger partial charge in [0.15, 0.2) is 11.5 Å². The lowest BCUT2D eigenvalue weighted by Crippen LogP contribution is -2.52. The number of piperazine rings is 1. The molecule has 2 aliphatic rings. The Morgan fingerprint density at radius 3 is 2.39 bits per heavy atom. The number of likely N-dealkylation sites (tertiary alicyclic amines) is 1. The Hall–Kier alpha value is -2.33. The van der Waals surface area contributed by atoms with Crippen molar-refractivity contribution in [3.05, 3.63) is 23.8 Å². The molecule has 0 radical (unpaired) electrons. The first-order valence-corrected chi connectivity index (χ1v) is 12.1. The highest BCUT2D eigenvalue weighted by Gasteiger charge is 2.37. The van der Waals surface area contributed by atoms with Crippen molar-refractivity contribution in [3.63, 3.8) is 0 Å². The third-order valence-electron chi connectivity index (χ3n) is 5.99. The molecule has 2 saturated heterocycles. The third kappa shape index (κ3) is 5.30. The molecule has 172 valence electrons. The van der Waals surface area contributed by atoms with E-state index in [-0.39, 0.29) is 29.9 Å². The number of hydrogen-bond donors (Lipinski definition) is 0. The van der Waals surface area contributed by atoms with Crippen molar-refractivity contribution in [2.24, 2.45) is 5.92 Å². The standard InChI is InChI=1S/C21H31N3O6S/c1-4-31(27,28)24-11-9-22(10-12-24)21(26)17-14-20(25)23(15-17)8-7-16-5-6-18(29-2)19(13-16)30-3/h5-6,13,17H,4,7-12,14-15H2,1-3H3. The molecular weight excluding hydrogens is 422 g/mol. The summed E-state index contributed by atoms with van der Waals surface area (Å²) in [4.78, 5) is 28.8. The largest absolute Gasteiger partial charge is 0.493 e. The van der Waals surface area contributed by atoms with Gasteiger partial charge in [-0.3, -0.25) is 9.59 Å². The van der Waals surface area contributed by atoms with E-state index in [2.05, 4.69) is 0 Å². The molecule has 0 aromatic heterocycles. The van der Waals surface area contributed by atoms with Crippen molar-refractivity contribution < 1.29 is 27.5 Å². The van der Waals surface area contributed by atoms with E-state index in [1.165, 1.54) is 4.31 Å². The van der Waals surface area contributed by atoms with Crippen LogP contribution < -0.4 is 9.47 Å². The normalized spacial score (nSPS) is 20.2. The first-order chi connectivity index (χ1) is 14.8. The van der Waals surface area contributed by atoms with Gasteiger partial charge in [0.25, 0.3) is 0 Å². The molecule has 2 aliphatic heterocycles. The summed E-state index contributed by atoms with van der Waals surface area (Å²) in [5.41, 5.74) is 1.02. The van der Waals surface area contributed by atoms with Gasteiger partial charge in [-0.05, 0) is 31.0 Å². The molecule has 9 nitrogen and oxygen atoms in total. The molecule has 0 spiro atoms. The number of ether oxygens (including phenoxy) is 2. The van der Waals surface area contributed by atoms with Crippen LogP contribution in [0.5, 0.6) is 11.5 Å². The zero-order chi connectivity index (χ0) is 22.6. The minimum Gasteiger partial charge on any atom is -0.493 e. The van der Waals surface area contributed by atoms with Crippen molar-refractivity contribution >= 4 is 21.8 Å². The second-order valence-corrected chi connectivity index (χ2v) is 10.1. The fourth-order valence-corrected chi connectivity index (χ4v) is 5.17. The zero-order valence-corrected chi connectivity index (χ0v) is 19.2. The fraction of sp³-hybridized carbons (Fsp3) is 0.619. The van der Waals surface area contributed by atoms with Gasteiger partial charge in [-0.1, -0.05) is 6.07 Å². The summed E-state index contributed by atoms with van der Waals surface area (Å²) >= 11 is 0. The molecular formula is C21H31N3O6S. The van der Waals surface area contributed by atoms with Crippen LogP contribution in [-0.2, 0) is 26.0 Å². The Labute approximate surface area is 183 Å². The lowest BCUT2D eigenvalue weighted by Gasteiger charge is -2.35. The van der Waals surface area contributed by atoms with E-state index >= 15 is 0 Å². The third-order valence-corrected chi connectivity index (χ3v) is 7.87. The highest BCUT2D eigenvalue weighted by atomic mass is 32.2. The number of carbonyl (C=O) groups is 2. The Morgan fingerprint density at radius 2 is 1.77 bits per heavy atom. The predicted octanol–water partition coefficient (Wildman–Crippen LogP) is 0.589. The monoisotopic (exact) mass is 453 g/mol. The van der Waals surface area contributed by atoms with Crippen LogP contribution in [-0.4, -0.2) is 93.6 Å². The molecule has 0 aliphatic carbocycles. The molecule has 2 heterocycles. The maximum atomic E-state index is 12.9. The van der Waals surface area contributed by atoms with Gasteiger partial charge in [-0.25, -0.2) is 8.42 Å². The molecule has 10 heteroatoms. The summed E-state index contributed by atoms with van der Waals surface area (Å²) in [5, 5.41) is 0. The summed E-state index contributed by atoms with van der Waals surface area (Å²) in [5.74, 6) is 0.910. The maximum Gasteiger partial charge on any atom is 0.228 e. The van der Waals surface area contributed by atoms with Crippen molar-refractivity contribution in [1.29, 1.82) is 0 Å². The number of carbonyl (C=O) groups excluding carboxylic acids is 2. The molecule has 0 saturated carbocycles. The summed E-state index contributed by atoms with van der Waals surface area (Å²) in [6.45, 7) is 3.91. The van der Waals surface area contributed by atoms with E-state index < -0.39 is 10.0 Å². The van der Waals surface area contributed by atoms with Gasteiger partial charge in [0.2, 0.25) is 21.8 Å². The van der Waals surface area contributed by atoms with Crippen LogP contribution in [0.4, 0.5) is 0 Å². The van der Waals surface area contributed by atoms with Crippen LogP contribution >= 0.6 is 0 Å². The molecule has 0 N–H and O–H groups in total. The molecule has 1 unspecified atom stereocenters. The van der Waals surface area contributed by atoms with Crippen LogP contribution in [0.15, 0.2) is 18.2 Å². The smallest absolute Gasteiger partial charge is 0.228 e.